The zero-order chi connectivity index (χ0) is 16.8. The third-order valence-electron chi connectivity index (χ3n) is 3.30. The van der Waals surface area contributed by atoms with Crippen molar-refractivity contribution in [2.24, 2.45) is 0 Å². The molecule has 2 aromatic heterocycles. The largest absolute Gasteiger partial charge is 0.461 e. The van der Waals surface area contributed by atoms with Gasteiger partial charge in [0.25, 0.3) is 0 Å². The van der Waals surface area contributed by atoms with Crippen LogP contribution in [0.15, 0.2) is 54.2 Å². The van der Waals surface area contributed by atoms with Gasteiger partial charge in [0, 0.05) is 29.8 Å². The summed E-state index contributed by atoms with van der Waals surface area (Å²) in [7, 11) is 0. The Morgan fingerprint density at radius 3 is 3.00 bits per heavy atom. The number of pyridine rings is 1. The molecule has 0 bridgehead atoms. The van der Waals surface area contributed by atoms with E-state index in [4.69, 9.17) is 10.00 Å². The number of nitrogens with zero attached hydrogens (tertiary/aromatic N) is 3. The Labute approximate surface area is 143 Å². The van der Waals surface area contributed by atoms with Crippen molar-refractivity contribution in [1.29, 1.82) is 5.26 Å². The average Bonchev–Trinajstić information content (AvgIpc) is 3.13. The molecule has 0 spiro atoms. The van der Waals surface area contributed by atoms with Crippen molar-refractivity contribution in [3.8, 4) is 16.6 Å². The van der Waals surface area contributed by atoms with E-state index >= 15 is 0 Å². The fourth-order valence-electron chi connectivity index (χ4n) is 2.12. The maximum Gasteiger partial charge on any atom is 0.357 e. The fraction of sp³-hybridized carbons (Fsp3) is 0.111. The molecule has 2 heterocycles. The van der Waals surface area contributed by atoms with Crippen molar-refractivity contribution < 1.29 is 9.53 Å². The number of carbonyl (C=O) groups excluding carboxylic acids is 1. The first-order chi connectivity index (χ1) is 11.8. The van der Waals surface area contributed by atoms with Gasteiger partial charge in [0.1, 0.15) is 5.01 Å². The summed E-state index contributed by atoms with van der Waals surface area (Å²) in [5, 5.41) is 11.3. The summed E-state index contributed by atoms with van der Waals surface area (Å²) in [5.41, 5.74) is 2.72. The minimum absolute atomic E-state index is 0.244. The lowest BCUT2D eigenvalue weighted by Crippen LogP contribution is -2.08. The molecule has 0 amide bonds. The first kappa shape index (κ1) is 15.8. The van der Waals surface area contributed by atoms with Crippen LogP contribution in [0.3, 0.4) is 0 Å². The van der Waals surface area contributed by atoms with Gasteiger partial charge in [0.2, 0.25) is 0 Å². The zero-order valence-corrected chi connectivity index (χ0v) is 13.5. The number of benzene rings is 1. The zero-order valence-electron chi connectivity index (χ0n) is 12.7. The van der Waals surface area contributed by atoms with Crippen LogP contribution in [0, 0.1) is 11.3 Å². The van der Waals surface area contributed by atoms with Gasteiger partial charge in [-0.25, -0.2) is 9.78 Å². The lowest BCUT2D eigenvalue weighted by Gasteiger charge is -2.03. The lowest BCUT2D eigenvalue weighted by molar-refractivity contribution is 0.0503. The van der Waals surface area contributed by atoms with Crippen LogP contribution in [-0.4, -0.2) is 22.5 Å². The Bertz CT molecular complexity index is 885. The highest BCUT2D eigenvalue weighted by Gasteiger charge is 2.13. The second kappa shape index (κ2) is 7.49. The summed E-state index contributed by atoms with van der Waals surface area (Å²) < 4.78 is 5.26. The van der Waals surface area contributed by atoms with Gasteiger partial charge in [0.05, 0.1) is 18.2 Å². The number of esters is 1. The molecular weight excluding hydrogens is 322 g/mol. The van der Waals surface area contributed by atoms with Crippen LogP contribution in [0.4, 0.5) is 0 Å². The predicted molar refractivity (Wildman–Crippen MR) is 90.5 cm³/mol. The van der Waals surface area contributed by atoms with Crippen LogP contribution in [0.1, 0.15) is 21.6 Å². The van der Waals surface area contributed by atoms with Crippen molar-refractivity contribution >= 4 is 17.3 Å². The molecule has 0 fully saturated rings. The second-order valence-corrected chi connectivity index (χ2v) is 5.84. The number of aromatic nitrogens is 2. The molecule has 1 aromatic carbocycles. The Morgan fingerprint density at radius 2 is 2.21 bits per heavy atom. The molecule has 118 valence electrons. The third-order valence-corrected chi connectivity index (χ3v) is 4.19. The van der Waals surface area contributed by atoms with E-state index in [1.165, 1.54) is 11.3 Å². The molecule has 0 aliphatic rings. The van der Waals surface area contributed by atoms with Crippen LogP contribution in [0.2, 0.25) is 0 Å². The molecule has 0 aliphatic carbocycles. The van der Waals surface area contributed by atoms with E-state index < -0.39 is 5.97 Å². The average molecular weight is 335 g/mol. The molecule has 0 N–H and O–H groups in total. The second-order valence-electron chi connectivity index (χ2n) is 4.98. The maximum atomic E-state index is 12.1. The van der Waals surface area contributed by atoms with Gasteiger partial charge in [-0.05, 0) is 29.8 Å². The van der Waals surface area contributed by atoms with Crippen molar-refractivity contribution in [2.45, 2.75) is 6.42 Å². The smallest absolute Gasteiger partial charge is 0.357 e. The molecule has 0 saturated carbocycles. The summed E-state index contributed by atoms with van der Waals surface area (Å²) >= 11 is 1.38. The number of ether oxygens (including phenoxy) is 1. The summed E-state index contributed by atoms with van der Waals surface area (Å²) in [6.45, 7) is 0.244. The summed E-state index contributed by atoms with van der Waals surface area (Å²) in [5.74, 6) is -0.446. The molecule has 3 rings (SSSR count). The summed E-state index contributed by atoms with van der Waals surface area (Å²) in [6.07, 6.45) is 3.95. The number of nitriles is 1. The maximum absolute atomic E-state index is 12.1. The predicted octanol–water partition coefficient (Wildman–Crippen LogP) is 3.48. The Morgan fingerprint density at radius 1 is 1.29 bits per heavy atom. The first-order valence-electron chi connectivity index (χ1n) is 7.28. The Hall–Kier alpha value is -3.04. The molecule has 0 radical (unpaired) electrons. The van der Waals surface area contributed by atoms with Crippen molar-refractivity contribution in [3.05, 3.63) is 71.0 Å². The molecule has 0 unspecified atom stereocenters. The van der Waals surface area contributed by atoms with Crippen molar-refractivity contribution in [2.75, 3.05) is 6.61 Å². The molecule has 3 aromatic rings. The van der Waals surface area contributed by atoms with Gasteiger partial charge in [-0.3, -0.25) is 4.98 Å². The van der Waals surface area contributed by atoms with Gasteiger partial charge < -0.3 is 4.74 Å². The van der Waals surface area contributed by atoms with Crippen LogP contribution in [-0.2, 0) is 11.2 Å². The third kappa shape index (κ3) is 3.83. The van der Waals surface area contributed by atoms with E-state index in [0.29, 0.717) is 17.7 Å². The fourth-order valence-corrected chi connectivity index (χ4v) is 2.90. The molecule has 0 aliphatic heterocycles. The van der Waals surface area contributed by atoms with Crippen molar-refractivity contribution in [3.63, 3.8) is 0 Å². The standard InChI is InChI=1S/C18H13N3O2S/c19-10-14-4-1-3-13(9-14)6-8-23-18(22)16-12-24-17(21-16)15-5-2-7-20-11-15/h1-5,7,9,11-12H,6,8H2. The highest BCUT2D eigenvalue weighted by molar-refractivity contribution is 7.13. The highest BCUT2D eigenvalue weighted by Crippen LogP contribution is 2.22. The topological polar surface area (TPSA) is 75.9 Å². The van der Waals surface area contributed by atoms with Gasteiger partial charge in [-0.15, -0.1) is 11.3 Å². The lowest BCUT2D eigenvalue weighted by atomic mass is 10.1. The molecule has 5 nitrogen and oxygen atoms in total. The van der Waals surface area contributed by atoms with E-state index in [1.807, 2.05) is 24.3 Å². The van der Waals surface area contributed by atoms with E-state index in [9.17, 15) is 4.79 Å². The van der Waals surface area contributed by atoms with Gasteiger partial charge in [-0.2, -0.15) is 5.26 Å². The number of hydrogen-bond acceptors (Lipinski definition) is 6. The molecular formula is C18H13N3O2S. The highest BCUT2D eigenvalue weighted by atomic mass is 32.1. The molecule has 24 heavy (non-hydrogen) atoms. The van der Waals surface area contributed by atoms with E-state index in [-0.39, 0.29) is 6.61 Å². The Kier molecular flexibility index (Phi) is 4.94. The van der Waals surface area contributed by atoms with Crippen LogP contribution < -0.4 is 0 Å². The normalized spacial score (nSPS) is 10.1. The SMILES string of the molecule is N#Cc1cccc(CCOC(=O)c2csc(-c3cccnc3)n2)c1. The monoisotopic (exact) mass is 335 g/mol. The van der Waals surface area contributed by atoms with Gasteiger partial charge >= 0.3 is 5.97 Å². The minimum Gasteiger partial charge on any atom is -0.461 e. The quantitative estimate of drug-likeness (QED) is 0.667. The van der Waals surface area contributed by atoms with E-state index in [0.717, 1.165) is 16.1 Å². The number of carbonyl (C=O) groups is 1. The van der Waals surface area contributed by atoms with E-state index in [2.05, 4.69) is 16.0 Å². The van der Waals surface area contributed by atoms with Crippen LogP contribution in [0.5, 0.6) is 0 Å². The first-order valence-corrected chi connectivity index (χ1v) is 8.16. The van der Waals surface area contributed by atoms with Crippen molar-refractivity contribution in [1.82, 2.24) is 9.97 Å². The molecule has 0 atom stereocenters. The molecule has 6 heteroatoms. The van der Waals surface area contributed by atoms with E-state index in [1.54, 1.807) is 29.9 Å². The summed E-state index contributed by atoms with van der Waals surface area (Å²) in [6, 6.07) is 13.1. The molecule has 0 saturated heterocycles. The Balaban J connectivity index is 1.58. The number of hydrogen-bond donors (Lipinski definition) is 0. The van der Waals surface area contributed by atoms with Crippen LogP contribution >= 0.6 is 11.3 Å². The summed E-state index contributed by atoms with van der Waals surface area (Å²) in [4.78, 5) is 20.4. The number of thiazole rings is 1. The minimum atomic E-state index is -0.446. The van der Waals surface area contributed by atoms with Gasteiger partial charge in [0.15, 0.2) is 5.69 Å². The van der Waals surface area contributed by atoms with Crippen LogP contribution in [0.25, 0.3) is 10.6 Å². The van der Waals surface area contributed by atoms with Gasteiger partial charge in [-0.1, -0.05) is 12.1 Å². The number of rotatable bonds is 5.